The fraction of sp³-hybridized carbons (Fsp3) is 0.786. The van der Waals surface area contributed by atoms with Crippen LogP contribution in [0.4, 0.5) is 0 Å². The van der Waals surface area contributed by atoms with Gasteiger partial charge in [0.2, 0.25) is 11.8 Å². The number of carbonyl (C=O) groups excluding carboxylic acids is 6. The van der Waals surface area contributed by atoms with Crippen LogP contribution in [0.3, 0.4) is 0 Å². The third-order valence-corrected chi connectivity index (χ3v) is 5.76. The van der Waals surface area contributed by atoms with Gasteiger partial charge in [0, 0.05) is 25.7 Å². The number of esters is 4. The third-order valence-electron chi connectivity index (χ3n) is 5.76. The van der Waals surface area contributed by atoms with Crippen molar-refractivity contribution in [3.63, 3.8) is 0 Å². The van der Waals surface area contributed by atoms with Crippen LogP contribution in [0, 0.1) is 0 Å². The second-order valence-corrected chi connectivity index (χ2v) is 9.05. The molecule has 0 rings (SSSR count). The highest BCUT2D eigenvalue weighted by Gasteiger charge is 2.24. The summed E-state index contributed by atoms with van der Waals surface area (Å²) in [6, 6.07) is -1.78. The molecule has 40 heavy (non-hydrogen) atoms. The molecule has 0 aromatic heterocycles. The molecule has 0 saturated carbocycles. The highest BCUT2D eigenvalue weighted by Crippen LogP contribution is 2.10. The monoisotopic (exact) mass is 572 g/mol. The lowest BCUT2D eigenvalue weighted by Gasteiger charge is -2.17. The molecule has 0 aliphatic carbocycles. The van der Waals surface area contributed by atoms with Crippen LogP contribution in [-0.2, 0) is 47.7 Å². The van der Waals surface area contributed by atoms with E-state index in [-0.39, 0.29) is 76.8 Å². The van der Waals surface area contributed by atoms with Gasteiger partial charge in [0.1, 0.15) is 12.1 Å². The van der Waals surface area contributed by atoms with Crippen molar-refractivity contribution in [2.75, 3.05) is 26.4 Å². The third kappa shape index (κ3) is 19.0. The Balaban J connectivity index is 4.24. The largest absolute Gasteiger partial charge is 0.466 e. The van der Waals surface area contributed by atoms with Crippen molar-refractivity contribution in [2.24, 2.45) is 0 Å². The molecule has 0 radical (unpaired) electrons. The molecule has 0 aromatic carbocycles. The number of amides is 2. The summed E-state index contributed by atoms with van der Waals surface area (Å²) in [5, 5.41) is 5.30. The number of ether oxygens (including phenoxy) is 4. The Morgan fingerprint density at radius 1 is 0.475 bits per heavy atom. The predicted octanol–water partition coefficient (Wildman–Crippen LogP) is 2.89. The summed E-state index contributed by atoms with van der Waals surface area (Å²) in [5.41, 5.74) is 0. The van der Waals surface area contributed by atoms with Crippen molar-refractivity contribution in [1.29, 1.82) is 0 Å². The standard InChI is InChI=1S/C28H48N2O10/c1-5-37-25(33)19-17-21(27(35)39-7-3)29-23(31)15-13-11-9-10-12-14-16-24(32)30-22(28(36)40-8-4)18-20-26(34)38-6-2/h21-22H,5-20H2,1-4H3,(H,29,31)(H,30,32)/t21-,22-/m0/s1. The Bertz CT molecular complexity index is 723. The minimum absolute atomic E-state index is 0.00665. The first-order valence-electron chi connectivity index (χ1n) is 14.4. The topological polar surface area (TPSA) is 163 Å². The van der Waals surface area contributed by atoms with Crippen LogP contribution in [0.15, 0.2) is 0 Å². The number of rotatable bonds is 23. The van der Waals surface area contributed by atoms with E-state index >= 15 is 0 Å². The van der Waals surface area contributed by atoms with Crippen molar-refractivity contribution >= 4 is 35.7 Å². The number of hydrogen-bond donors (Lipinski definition) is 2. The average molecular weight is 573 g/mol. The molecule has 0 heterocycles. The molecule has 0 aliphatic heterocycles. The molecule has 0 unspecified atom stereocenters. The van der Waals surface area contributed by atoms with E-state index < -0.39 is 36.0 Å². The second-order valence-electron chi connectivity index (χ2n) is 9.05. The summed E-state index contributed by atoms with van der Waals surface area (Å²) in [4.78, 5) is 72.0. The van der Waals surface area contributed by atoms with Crippen LogP contribution in [-0.4, -0.2) is 74.2 Å². The van der Waals surface area contributed by atoms with E-state index in [1.54, 1.807) is 27.7 Å². The average Bonchev–Trinajstić information content (AvgIpc) is 2.90. The van der Waals surface area contributed by atoms with Crippen LogP contribution in [0.2, 0.25) is 0 Å². The summed E-state index contributed by atoms with van der Waals surface area (Å²) in [5.74, 6) is -2.57. The van der Waals surface area contributed by atoms with E-state index in [1.807, 2.05) is 0 Å². The van der Waals surface area contributed by atoms with Gasteiger partial charge < -0.3 is 29.6 Å². The van der Waals surface area contributed by atoms with Crippen molar-refractivity contribution in [3.8, 4) is 0 Å². The van der Waals surface area contributed by atoms with Gasteiger partial charge in [-0.2, -0.15) is 0 Å². The highest BCUT2D eigenvalue weighted by atomic mass is 16.5. The smallest absolute Gasteiger partial charge is 0.328 e. The van der Waals surface area contributed by atoms with E-state index in [4.69, 9.17) is 18.9 Å². The molecule has 12 nitrogen and oxygen atoms in total. The molecule has 0 aliphatic rings. The lowest BCUT2D eigenvalue weighted by molar-refractivity contribution is -0.149. The summed E-state index contributed by atoms with van der Waals surface area (Å²) < 4.78 is 19.7. The Labute approximate surface area is 237 Å². The maximum atomic E-state index is 12.3. The number of carbonyl (C=O) groups is 6. The molecule has 2 N–H and O–H groups in total. The van der Waals surface area contributed by atoms with Crippen LogP contribution in [0.1, 0.15) is 105 Å². The van der Waals surface area contributed by atoms with Gasteiger partial charge in [0.15, 0.2) is 0 Å². The van der Waals surface area contributed by atoms with Crippen molar-refractivity contribution < 1.29 is 47.7 Å². The molecule has 0 fully saturated rings. The molecule has 0 bridgehead atoms. The highest BCUT2D eigenvalue weighted by molar-refractivity contribution is 5.85. The lowest BCUT2D eigenvalue weighted by atomic mass is 10.1. The van der Waals surface area contributed by atoms with Gasteiger partial charge in [-0.05, 0) is 53.4 Å². The molecule has 0 saturated heterocycles. The fourth-order valence-corrected chi connectivity index (χ4v) is 3.79. The normalized spacial score (nSPS) is 12.0. The summed E-state index contributed by atoms with van der Waals surface area (Å²) in [6.07, 6.45) is 5.40. The zero-order chi connectivity index (χ0) is 30.2. The zero-order valence-electron chi connectivity index (χ0n) is 24.6. The van der Waals surface area contributed by atoms with Gasteiger partial charge in [-0.15, -0.1) is 0 Å². The minimum Gasteiger partial charge on any atom is -0.466 e. The van der Waals surface area contributed by atoms with Gasteiger partial charge in [-0.3, -0.25) is 19.2 Å². The molecule has 2 amide bonds. The first-order chi connectivity index (χ1) is 19.2. The predicted molar refractivity (Wildman–Crippen MR) is 146 cm³/mol. The van der Waals surface area contributed by atoms with Gasteiger partial charge in [0.25, 0.3) is 0 Å². The molecule has 0 spiro atoms. The first kappa shape index (κ1) is 36.8. The quantitative estimate of drug-likeness (QED) is 0.106. The maximum absolute atomic E-state index is 12.3. The molecule has 0 aromatic rings. The van der Waals surface area contributed by atoms with E-state index in [9.17, 15) is 28.8 Å². The zero-order valence-corrected chi connectivity index (χ0v) is 24.6. The maximum Gasteiger partial charge on any atom is 0.328 e. The van der Waals surface area contributed by atoms with Gasteiger partial charge in [0.05, 0.1) is 26.4 Å². The molecule has 2 atom stereocenters. The number of hydrogen-bond acceptors (Lipinski definition) is 10. The second kappa shape index (κ2) is 23.7. The van der Waals surface area contributed by atoms with Crippen molar-refractivity contribution in [1.82, 2.24) is 10.6 Å². The van der Waals surface area contributed by atoms with Crippen LogP contribution in [0.5, 0.6) is 0 Å². The van der Waals surface area contributed by atoms with Gasteiger partial charge in [-0.25, -0.2) is 9.59 Å². The molecular weight excluding hydrogens is 524 g/mol. The Morgan fingerprint density at radius 2 is 0.800 bits per heavy atom. The number of nitrogens with one attached hydrogen (secondary N) is 2. The van der Waals surface area contributed by atoms with Crippen molar-refractivity contribution in [2.45, 2.75) is 117 Å². The summed E-state index contributed by atoms with van der Waals surface area (Å²) >= 11 is 0. The van der Waals surface area contributed by atoms with E-state index in [0.29, 0.717) is 12.8 Å². The Morgan fingerprint density at radius 3 is 1.12 bits per heavy atom. The van der Waals surface area contributed by atoms with Gasteiger partial charge in [-0.1, -0.05) is 25.7 Å². The minimum atomic E-state index is -0.892. The van der Waals surface area contributed by atoms with E-state index in [2.05, 4.69) is 10.6 Å². The van der Waals surface area contributed by atoms with Crippen LogP contribution >= 0.6 is 0 Å². The van der Waals surface area contributed by atoms with Crippen LogP contribution < -0.4 is 10.6 Å². The molecular formula is C28H48N2O10. The lowest BCUT2D eigenvalue weighted by Crippen LogP contribution is -2.42. The fourth-order valence-electron chi connectivity index (χ4n) is 3.79. The van der Waals surface area contributed by atoms with Crippen LogP contribution in [0.25, 0.3) is 0 Å². The van der Waals surface area contributed by atoms with E-state index in [1.165, 1.54) is 0 Å². The molecule has 12 heteroatoms. The summed E-state index contributed by atoms with van der Waals surface area (Å²) in [7, 11) is 0. The summed E-state index contributed by atoms with van der Waals surface area (Å²) in [6.45, 7) is 7.57. The van der Waals surface area contributed by atoms with Crippen molar-refractivity contribution in [3.05, 3.63) is 0 Å². The number of unbranched alkanes of at least 4 members (excludes halogenated alkanes) is 5. The first-order valence-corrected chi connectivity index (χ1v) is 14.4. The van der Waals surface area contributed by atoms with Gasteiger partial charge >= 0.3 is 23.9 Å². The SMILES string of the molecule is CCOC(=O)CC[C@H](NC(=O)CCCCCCCCC(=O)N[C@@H](CCC(=O)OCC)C(=O)OCC)C(=O)OCC. The van der Waals surface area contributed by atoms with E-state index in [0.717, 1.165) is 25.7 Å². The Hall–Kier alpha value is -3.18. The molecule has 230 valence electrons. The Kier molecular flexibility index (Phi) is 21.8.